The first-order valence-corrected chi connectivity index (χ1v) is 5.53. The van der Waals surface area contributed by atoms with Crippen molar-refractivity contribution in [3.8, 4) is 0 Å². The van der Waals surface area contributed by atoms with Crippen LogP contribution in [0.15, 0.2) is 0 Å². The normalized spacial score (nSPS) is 27.9. The van der Waals surface area contributed by atoms with Gasteiger partial charge in [-0.25, -0.2) is 8.42 Å². The van der Waals surface area contributed by atoms with E-state index >= 15 is 0 Å². The average molecular weight is 179 g/mol. The van der Waals surface area contributed by atoms with E-state index in [1.807, 2.05) is 0 Å². The lowest BCUT2D eigenvalue weighted by molar-refractivity contribution is 0.153. The highest BCUT2D eigenvalue weighted by Crippen LogP contribution is 2.00. The van der Waals surface area contributed by atoms with Crippen molar-refractivity contribution in [2.24, 2.45) is 0 Å². The molecule has 4 nitrogen and oxygen atoms in total. The lowest BCUT2D eigenvalue weighted by Crippen LogP contribution is -2.33. The molecule has 1 aliphatic rings. The zero-order valence-electron chi connectivity index (χ0n) is 6.54. The number of rotatable bonds is 1. The van der Waals surface area contributed by atoms with Gasteiger partial charge in [0, 0.05) is 19.3 Å². The molecule has 1 N–H and O–H groups in total. The Morgan fingerprint density at radius 2 is 2.27 bits per heavy atom. The molecule has 1 rings (SSSR count). The third-order valence-electron chi connectivity index (χ3n) is 1.70. The largest absolute Gasteiger partial charge is 0.379 e. The van der Waals surface area contributed by atoms with Crippen LogP contribution in [0.25, 0.3) is 0 Å². The molecule has 1 fully saturated rings. The maximum Gasteiger partial charge on any atom is 0.153 e. The van der Waals surface area contributed by atoms with Crippen LogP contribution in [0.4, 0.5) is 0 Å². The van der Waals surface area contributed by atoms with Crippen molar-refractivity contribution in [2.75, 3.05) is 32.6 Å². The summed E-state index contributed by atoms with van der Waals surface area (Å²) in [6.45, 7) is 2.18. The maximum atomic E-state index is 11.0. The highest BCUT2D eigenvalue weighted by atomic mass is 32.2. The van der Waals surface area contributed by atoms with E-state index in [9.17, 15) is 8.42 Å². The van der Waals surface area contributed by atoms with E-state index in [1.54, 1.807) is 0 Å². The van der Waals surface area contributed by atoms with Crippen LogP contribution in [0.2, 0.25) is 0 Å². The summed E-state index contributed by atoms with van der Waals surface area (Å²) in [4.78, 5) is 0. The fourth-order valence-corrected chi connectivity index (χ4v) is 1.72. The maximum absolute atomic E-state index is 11.0. The Labute approximate surface area is 66.8 Å². The molecule has 11 heavy (non-hydrogen) atoms. The SMILES string of the molecule is CS(=O)(=O)C1CNCCOC1. The summed E-state index contributed by atoms with van der Waals surface area (Å²) in [6, 6.07) is 0. The molecule has 0 amide bonds. The highest BCUT2D eigenvalue weighted by Gasteiger charge is 2.21. The minimum absolute atomic E-state index is 0.325. The second kappa shape index (κ2) is 3.51. The number of hydrogen-bond donors (Lipinski definition) is 1. The highest BCUT2D eigenvalue weighted by molar-refractivity contribution is 7.91. The van der Waals surface area contributed by atoms with E-state index in [2.05, 4.69) is 5.32 Å². The van der Waals surface area contributed by atoms with Gasteiger partial charge in [0.25, 0.3) is 0 Å². The average Bonchev–Trinajstić information content (AvgIpc) is 2.10. The van der Waals surface area contributed by atoms with E-state index in [1.165, 1.54) is 6.26 Å². The number of sulfone groups is 1. The predicted octanol–water partition coefficient (Wildman–Crippen LogP) is -0.981. The Bertz CT molecular complexity index is 204. The van der Waals surface area contributed by atoms with Gasteiger partial charge in [0.15, 0.2) is 9.84 Å². The predicted molar refractivity (Wildman–Crippen MR) is 42.3 cm³/mol. The molecular weight excluding hydrogens is 166 g/mol. The van der Waals surface area contributed by atoms with Gasteiger partial charge >= 0.3 is 0 Å². The molecule has 1 atom stereocenters. The molecular formula is C6H13NO3S. The Hall–Kier alpha value is -0.130. The topological polar surface area (TPSA) is 55.4 Å². The molecule has 0 aromatic heterocycles. The van der Waals surface area contributed by atoms with Crippen LogP contribution in [0, 0.1) is 0 Å². The smallest absolute Gasteiger partial charge is 0.153 e. The molecule has 0 spiro atoms. The first kappa shape index (κ1) is 8.96. The van der Waals surface area contributed by atoms with Crippen molar-refractivity contribution in [1.82, 2.24) is 5.32 Å². The molecule has 5 heteroatoms. The van der Waals surface area contributed by atoms with Gasteiger partial charge in [0.05, 0.1) is 18.5 Å². The van der Waals surface area contributed by atoms with Crippen molar-refractivity contribution in [3.05, 3.63) is 0 Å². The van der Waals surface area contributed by atoms with Crippen LogP contribution in [0.5, 0.6) is 0 Å². The summed E-state index contributed by atoms with van der Waals surface area (Å²) in [5.74, 6) is 0. The summed E-state index contributed by atoms with van der Waals surface area (Å²) in [6.07, 6.45) is 1.24. The molecule has 0 aromatic rings. The van der Waals surface area contributed by atoms with Gasteiger partial charge in [0.1, 0.15) is 0 Å². The molecule has 0 aliphatic carbocycles. The van der Waals surface area contributed by atoms with E-state index < -0.39 is 9.84 Å². The number of ether oxygens (including phenoxy) is 1. The molecule has 0 aromatic carbocycles. The molecule has 0 radical (unpaired) electrons. The molecule has 1 unspecified atom stereocenters. The van der Waals surface area contributed by atoms with Crippen LogP contribution < -0.4 is 5.32 Å². The van der Waals surface area contributed by atoms with Crippen molar-refractivity contribution < 1.29 is 13.2 Å². The summed E-state index contributed by atoms with van der Waals surface area (Å²) in [5.41, 5.74) is 0. The van der Waals surface area contributed by atoms with Gasteiger partial charge in [-0.15, -0.1) is 0 Å². The summed E-state index contributed by atoms with van der Waals surface area (Å²) in [7, 11) is -2.94. The molecule has 1 heterocycles. The second-order valence-corrected chi connectivity index (χ2v) is 5.06. The van der Waals surface area contributed by atoms with Crippen molar-refractivity contribution >= 4 is 9.84 Å². The van der Waals surface area contributed by atoms with E-state index in [0.717, 1.165) is 6.54 Å². The molecule has 0 bridgehead atoms. The van der Waals surface area contributed by atoms with Gasteiger partial charge in [-0.3, -0.25) is 0 Å². The fraction of sp³-hybridized carbons (Fsp3) is 1.00. The zero-order valence-corrected chi connectivity index (χ0v) is 7.36. The van der Waals surface area contributed by atoms with Crippen LogP contribution >= 0.6 is 0 Å². The van der Waals surface area contributed by atoms with Crippen molar-refractivity contribution in [3.63, 3.8) is 0 Å². The Morgan fingerprint density at radius 1 is 1.55 bits per heavy atom. The Balaban J connectivity index is 2.57. The second-order valence-electron chi connectivity index (χ2n) is 2.73. The third-order valence-corrected chi connectivity index (χ3v) is 3.22. The van der Waals surface area contributed by atoms with E-state index in [0.29, 0.717) is 19.8 Å². The van der Waals surface area contributed by atoms with Crippen molar-refractivity contribution in [2.45, 2.75) is 5.25 Å². The molecule has 1 aliphatic heterocycles. The zero-order chi connectivity index (χ0) is 8.32. The van der Waals surface area contributed by atoms with Crippen molar-refractivity contribution in [1.29, 1.82) is 0 Å². The monoisotopic (exact) mass is 179 g/mol. The minimum atomic E-state index is -2.94. The van der Waals surface area contributed by atoms with Crippen LogP contribution in [-0.4, -0.2) is 46.2 Å². The summed E-state index contributed by atoms with van der Waals surface area (Å²) >= 11 is 0. The standard InChI is InChI=1S/C6H13NO3S/c1-11(8,9)6-4-7-2-3-10-5-6/h6-7H,2-5H2,1H3. The van der Waals surface area contributed by atoms with E-state index in [4.69, 9.17) is 4.74 Å². The van der Waals surface area contributed by atoms with Gasteiger partial charge in [0.2, 0.25) is 0 Å². The van der Waals surface area contributed by atoms with Gasteiger partial charge in [-0.2, -0.15) is 0 Å². The summed E-state index contributed by atoms with van der Waals surface area (Å²) in [5, 5.41) is 2.63. The van der Waals surface area contributed by atoms with E-state index in [-0.39, 0.29) is 5.25 Å². The quantitative estimate of drug-likeness (QED) is 0.562. The van der Waals surface area contributed by atoms with Crippen LogP contribution in [0.3, 0.4) is 0 Å². The Kier molecular flexibility index (Phi) is 2.86. The first-order chi connectivity index (χ1) is 5.11. The molecule has 66 valence electrons. The fourth-order valence-electron chi connectivity index (χ4n) is 0.956. The summed E-state index contributed by atoms with van der Waals surface area (Å²) < 4.78 is 27.1. The number of hydrogen-bond acceptors (Lipinski definition) is 4. The third kappa shape index (κ3) is 2.76. The molecule has 0 saturated carbocycles. The Morgan fingerprint density at radius 3 is 2.91 bits per heavy atom. The van der Waals surface area contributed by atoms with Gasteiger partial charge in [-0.05, 0) is 0 Å². The number of nitrogens with one attached hydrogen (secondary N) is 1. The first-order valence-electron chi connectivity index (χ1n) is 3.58. The van der Waals surface area contributed by atoms with Crippen LogP contribution in [0.1, 0.15) is 0 Å². The van der Waals surface area contributed by atoms with Gasteiger partial charge in [-0.1, -0.05) is 0 Å². The minimum Gasteiger partial charge on any atom is -0.379 e. The van der Waals surface area contributed by atoms with Gasteiger partial charge < -0.3 is 10.1 Å². The van der Waals surface area contributed by atoms with Crippen LogP contribution in [-0.2, 0) is 14.6 Å². The molecule has 1 saturated heterocycles. The lowest BCUT2D eigenvalue weighted by atomic mass is 10.4. The lowest BCUT2D eigenvalue weighted by Gasteiger charge is -2.10.